The van der Waals surface area contributed by atoms with Crippen LogP contribution in [0.5, 0.6) is 0 Å². The van der Waals surface area contributed by atoms with Crippen LogP contribution in [0, 0.1) is 0 Å². The smallest absolute Gasteiger partial charge is 0.237 e. The van der Waals surface area contributed by atoms with Gasteiger partial charge in [0, 0.05) is 24.8 Å². The van der Waals surface area contributed by atoms with E-state index in [9.17, 15) is 4.79 Å². The summed E-state index contributed by atoms with van der Waals surface area (Å²) >= 11 is 0. The minimum Gasteiger partial charge on any atom is -0.399 e. The average molecular weight is 275 g/mol. The number of nitrogen functional groups attached to an aromatic ring is 1. The molecule has 0 bridgehead atoms. The molecule has 0 radical (unpaired) electrons. The third-order valence-electron chi connectivity index (χ3n) is 4.01. The molecule has 4 heteroatoms. The van der Waals surface area contributed by atoms with Crippen LogP contribution in [0.15, 0.2) is 18.2 Å². The molecule has 0 spiro atoms. The van der Waals surface area contributed by atoms with Crippen LogP contribution in [-0.4, -0.2) is 22.9 Å². The van der Waals surface area contributed by atoms with Gasteiger partial charge in [0.05, 0.1) is 6.04 Å². The van der Waals surface area contributed by atoms with Crippen LogP contribution in [0.4, 0.5) is 5.69 Å². The van der Waals surface area contributed by atoms with Gasteiger partial charge in [0.1, 0.15) is 0 Å². The predicted molar refractivity (Wildman–Crippen MR) is 82.1 cm³/mol. The van der Waals surface area contributed by atoms with Crippen molar-refractivity contribution in [3.63, 3.8) is 0 Å². The van der Waals surface area contributed by atoms with E-state index in [0.717, 1.165) is 31.6 Å². The predicted octanol–water partition coefficient (Wildman–Crippen LogP) is 2.28. The van der Waals surface area contributed by atoms with Crippen LogP contribution in [-0.2, 0) is 17.9 Å². The molecule has 1 aromatic carbocycles. The van der Waals surface area contributed by atoms with Crippen molar-refractivity contribution in [1.29, 1.82) is 0 Å². The zero-order valence-electron chi connectivity index (χ0n) is 12.6. The van der Waals surface area contributed by atoms with E-state index in [1.807, 2.05) is 19.1 Å². The van der Waals surface area contributed by atoms with E-state index in [1.54, 1.807) is 0 Å². The standard InChI is InChI=1S/C16H25N3O/c1-4-5-11(2)18-16(20)12(3)19-9-13-6-7-15(17)8-14(13)10-19/h6-8,11-12H,4-5,9-10,17H2,1-3H3,(H,18,20). The van der Waals surface area contributed by atoms with E-state index in [2.05, 4.69) is 30.1 Å². The zero-order valence-corrected chi connectivity index (χ0v) is 12.6. The lowest BCUT2D eigenvalue weighted by atomic mass is 10.1. The Morgan fingerprint density at radius 2 is 2.05 bits per heavy atom. The lowest BCUT2D eigenvalue weighted by Crippen LogP contribution is -2.45. The molecule has 2 rings (SSSR count). The number of carbonyl (C=O) groups is 1. The Morgan fingerprint density at radius 3 is 2.75 bits per heavy atom. The summed E-state index contributed by atoms with van der Waals surface area (Å²) in [5.74, 6) is 0.117. The van der Waals surface area contributed by atoms with E-state index in [0.29, 0.717) is 0 Å². The van der Waals surface area contributed by atoms with Crippen LogP contribution in [0.2, 0.25) is 0 Å². The van der Waals surface area contributed by atoms with Gasteiger partial charge in [-0.3, -0.25) is 9.69 Å². The summed E-state index contributed by atoms with van der Waals surface area (Å²) < 4.78 is 0. The largest absolute Gasteiger partial charge is 0.399 e. The number of carbonyl (C=O) groups excluding carboxylic acids is 1. The highest BCUT2D eigenvalue weighted by molar-refractivity contribution is 5.81. The number of nitrogens with zero attached hydrogens (tertiary/aromatic N) is 1. The Labute approximate surface area is 121 Å². The van der Waals surface area contributed by atoms with Crippen molar-refractivity contribution in [2.45, 2.75) is 58.8 Å². The van der Waals surface area contributed by atoms with E-state index in [1.165, 1.54) is 11.1 Å². The first-order valence-corrected chi connectivity index (χ1v) is 7.43. The summed E-state index contributed by atoms with van der Waals surface area (Å²) in [7, 11) is 0. The van der Waals surface area contributed by atoms with Gasteiger partial charge in [0.15, 0.2) is 0 Å². The second-order valence-electron chi connectivity index (χ2n) is 5.81. The molecule has 2 unspecified atom stereocenters. The maximum absolute atomic E-state index is 12.3. The summed E-state index contributed by atoms with van der Waals surface area (Å²) in [5, 5.41) is 3.09. The minimum atomic E-state index is -0.108. The second-order valence-corrected chi connectivity index (χ2v) is 5.81. The lowest BCUT2D eigenvalue weighted by Gasteiger charge is -2.24. The monoisotopic (exact) mass is 275 g/mol. The minimum absolute atomic E-state index is 0.108. The van der Waals surface area contributed by atoms with Crippen LogP contribution >= 0.6 is 0 Å². The number of benzene rings is 1. The molecule has 1 aliphatic heterocycles. The molecule has 110 valence electrons. The van der Waals surface area contributed by atoms with Crippen molar-refractivity contribution in [3.8, 4) is 0 Å². The summed E-state index contributed by atoms with van der Waals surface area (Å²) in [6.07, 6.45) is 2.11. The number of nitrogens with one attached hydrogen (secondary N) is 1. The fourth-order valence-corrected chi connectivity index (χ4v) is 2.75. The van der Waals surface area contributed by atoms with Crippen molar-refractivity contribution in [2.24, 2.45) is 0 Å². The molecule has 0 saturated carbocycles. The number of hydrogen-bond acceptors (Lipinski definition) is 3. The highest BCUT2D eigenvalue weighted by atomic mass is 16.2. The maximum Gasteiger partial charge on any atom is 0.237 e. The third kappa shape index (κ3) is 3.31. The lowest BCUT2D eigenvalue weighted by molar-refractivity contribution is -0.126. The molecule has 0 fully saturated rings. The summed E-state index contributed by atoms with van der Waals surface area (Å²) in [6, 6.07) is 6.14. The van der Waals surface area contributed by atoms with E-state index >= 15 is 0 Å². The van der Waals surface area contributed by atoms with E-state index in [-0.39, 0.29) is 18.0 Å². The Kier molecular flexibility index (Phi) is 4.65. The first-order chi connectivity index (χ1) is 9.51. The van der Waals surface area contributed by atoms with Crippen LogP contribution < -0.4 is 11.1 Å². The summed E-state index contributed by atoms with van der Waals surface area (Å²) in [6.45, 7) is 7.80. The Hall–Kier alpha value is -1.55. The van der Waals surface area contributed by atoms with Crippen LogP contribution in [0.1, 0.15) is 44.7 Å². The molecule has 0 saturated heterocycles. The van der Waals surface area contributed by atoms with Crippen molar-refractivity contribution in [1.82, 2.24) is 10.2 Å². The average Bonchev–Trinajstić information content (AvgIpc) is 2.80. The molecule has 2 atom stereocenters. The molecule has 1 amide bonds. The van der Waals surface area contributed by atoms with E-state index in [4.69, 9.17) is 5.73 Å². The van der Waals surface area contributed by atoms with Gasteiger partial charge in [-0.05, 0) is 43.5 Å². The molecular formula is C16H25N3O. The molecule has 4 nitrogen and oxygen atoms in total. The van der Waals surface area contributed by atoms with Crippen LogP contribution in [0.25, 0.3) is 0 Å². The number of hydrogen-bond donors (Lipinski definition) is 2. The second kappa shape index (κ2) is 6.27. The highest BCUT2D eigenvalue weighted by Crippen LogP contribution is 2.26. The SMILES string of the molecule is CCCC(C)NC(=O)C(C)N1Cc2ccc(N)cc2C1. The number of fused-ring (bicyclic) bond motifs is 1. The fourth-order valence-electron chi connectivity index (χ4n) is 2.75. The van der Waals surface area contributed by atoms with E-state index < -0.39 is 0 Å². The van der Waals surface area contributed by atoms with Crippen molar-refractivity contribution < 1.29 is 4.79 Å². The van der Waals surface area contributed by atoms with Crippen molar-refractivity contribution in [3.05, 3.63) is 29.3 Å². The number of nitrogens with two attached hydrogens (primary N) is 1. The number of amides is 1. The fraction of sp³-hybridized carbons (Fsp3) is 0.562. The highest BCUT2D eigenvalue weighted by Gasteiger charge is 2.27. The first kappa shape index (κ1) is 14.9. The van der Waals surface area contributed by atoms with Gasteiger partial charge in [-0.1, -0.05) is 19.4 Å². The molecule has 3 N–H and O–H groups in total. The normalized spacial score (nSPS) is 17.6. The Balaban J connectivity index is 1.95. The topological polar surface area (TPSA) is 58.4 Å². The van der Waals surface area contributed by atoms with Gasteiger partial charge in [0.25, 0.3) is 0 Å². The number of anilines is 1. The molecular weight excluding hydrogens is 250 g/mol. The molecule has 0 aromatic heterocycles. The zero-order chi connectivity index (χ0) is 14.7. The molecule has 1 heterocycles. The Morgan fingerprint density at radius 1 is 1.35 bits per heavy atom. The van der Waals surface area contributed by atoms with Crippen molar-refractivity contribution in [2.75, 3.05) is 5.73 Å². The van der Waals surface area contributed by atoms with Gasteiger partial charge in [0.2, 0.25) is 5.91 Å². The third-order valence-corrected chi connectivity index (χ3v) is 4.01. The molecule has 20 heavy (non-hydrogen) atoms. The molecule has 0 aliphatic carbocycles. The van der Waals surface area contributed by atoms with Gasteiger partial charge < -0.3 is 11.1 Å². The first-order valence-electron chi connectivity index (χ1n) is 7.43. The summed E-state index contributed by atoms with van der Waals surface area (Å²) in [5.41, 5.74) is 9.12. The maximum atomic E-state index is 12.3. The van der Waals surface area contributed by atoms with Gasteiger partial charge in [-0.15, -0.1) is 0 Å². The van der Waals surface area contributed by atoms with Gasteiger partial charge >= 0.3 is 0 Å². The Bertz CT molecular complexity index is 487. The summed E-state index contributed by atoms with van der Waals surface area (Å²) in [4.78, 5) is 14.4. The van der Waals surface area contributed by atoms with Gasteiger partial charge in [-0.2, -0.15) is 0 Å². The van der Waals surface area contributed by atoms with Gasteiger partial charge in [-0.25, -0.2) is 0 Å². The van der Waals surface area contributed by atoms with Crippen LogP contribution in [0.3, 0.4) is 0 Å². The quantitative estimate of drug-likeness (QED) is 0.811. The van der Waals surface area contributed by atoms with Crippen molar-refractivity contribution >= 4 is 11.6 Å². The number of rotatable bonds is 5. The molecule has 1 aromatic rings. The molecule has 1 aliphatic rings.